The highest BCUT2D eigenvalue weighted by Crippen LogP contribution is 2.55. The van der Waals surface area contributed by atoms with Crippen LogP contribution in [0.15, 0.2) is 35.9 Å². The molecule has 1 N–H and O–H groups in total. The van der Waals surface area contributed by atoms with Crippen molar-refractivity contribution in [2.45, 2.75) is 84.0 Å². The lowest BCUT2D eigenvalue weighted by molar-refractivity contribution is -0.131. The zero-order valence-electron chi connectivity index (χ0n) is 18.8. The summed E-state index contributed by atoms with van der Waals surface area (Å²) in [6.45, 7) is 14.1. The fraction of sp³-hybridized carbons (Fsp3) is 0.577. The summed E-state index contributed by atoms with van der Waals surface area (Å²) in [5, 5.41) is 8.89. The Balaban J connectivity index is 1.94. The van der Waals surface area contributed by atoms with Crippen molar-refractivity contribution in [1.82, 2.24) is 0 Å². The molecule has 2 unspecified atom stereocenters. The molecule has 3 heteroatoms. The lowest BCUT2D eigenvalue weighted by Gasteiger charge is -2.42. The van der Waals surface area contributed by atoms with Crippen LogP contribution in [0.25, 0.3) is 0 Å². The minimum absolute atomic E-state index is 0.176. The van der Waals surface area contributed by atoms with E-state index in [0.717, 1.165) is 30.8 Å². The Morgan fingerprint density at radius 2 is 1.79 bits per heavy atom. The van der Waals surface area contributed by atoms with Crippen molar-refractivity contribution >= 4 is 5.97 Å². The maximum atomic E-state index is 10.8. The topological polar surface area (TPSA) is 46.5 Å². The summed E-state index contributed by atoms with van der Waals surface area (Å²) >= 11 is 0. The second kappa shape index (κ2) is 8.01. The number of fused-ring (bicyclic) bond motifs is 1. The summed E-state index contributed by atoms with van der Waals surface area (Å²) in [7, 11) is 0. The number of hydrogen-bond acceptors (Lipinski definition) is 2. The van der Waals surface area contributed by atoms with E-state index in [1.165, 1.54) is 35.6 Å². The van der Waals surface area contributed by atoms with Crippen molar-refractivity contribution in [1.29, 1.82) is 0 Å². The predicted octanol–water partition coefficient (Wildman–Crippen LogP) is 6.52. The summed E-state index contributed by atoms with van der Waals surface area (Å²) in [5.74, 6) is 1.07. The molecule has 1 aromatic carbocycles. The van der Waals surface area contributed by atoms with Gasteiger partial charge in [-0.05, 0) is 83.6 Å². The van der Waals surface area contributed by atoms with Gasteiger partial charge in [-0.1, -0.05) is 52.8 Å². The number of benzene rings is 1. The molecule has 0 heterocycles. The van der Waals surface area contributed by atoms with E-state index in [9.17, 15) is 4.79 Å². The maximum absolute atomic E-state index is 10.8. The van der Waals surface area contributed by atoms with Crippen LogP contribution in [0.4, 0.5) is 0 Å². The second-order valence-electron chi connectivity index (χ2n) is 10.1. The van der Waals surface area contributed by atoms with Gasteiger partial charge in [-0.15, -0.1) is 0 Å². The van der Waals surface area contributed by atoms with E-state index in [1.807, 2.05) is 13.0 Å². The van der Waals surface area contributed by atoms with E-state index in [4.69, 9.17) is 9.84 Å². The average molecular weight is 397 g/mol. The maximum Gasteiger partial charge on any atom is 0.328 e. The first-order valence-corrected chi connectivity index (χ1v) is 11.0. The molecule has 0 spiro atoms. The van der Waals surface area contributed by atoms with E-state index < -0.39 is 5.97 Å². The number of ether oxygens (including phenoxy) is 1. The minimum atomic E-state index is -0.894. The van der Waals surface area contributed by atoms with Crippen LogP contribution in [0, 0.1) is 5.92 Å². The van der Waals surface area contributed by atoms with Gasteiger partial charge in [-0.2, -0.15) is 0 Å². The third kappa shape index (κ3) is 4.76. The molecular weight excluding hydrogens is 360 g/mol. The summed E-state index contributed by atoms with van der Waals surface area (Å²) < 4.78 is 6.23. The first-order valence-electron chi connectivity index (χ1n) is 11.0. The molecule has 0 saturated heterocycles. The molecule has 2 atom stereocenters. The van der Waals surface area contributed by atoms with Gasteiger partial charge in [0, 0.05) is 6.08 Å². The van der Waals surface area contributed by atoms with E-state index in [0.29, 0.717) is 11.8 Å². The molecule has 0 radical (unpaired) electrons. The zero-order chi connectivity index (χ0) is 21.4. The molecule has 158 valence electrons. The van der Waals surface area contributed by atoms with Gasteiger partial charge in [-0.3, -0.25) is 0 Å². The van der Waals surface area contributed by atoms with E-state index in [-0.39, 0.29) is 10.8 Å². The molecule has 1 aromatic rings. The molecular formula is C26H36O3. The monoisotopic (exact) mass is 396 g/mol. The van der Waals surface area contributed by atoms with Crippen molar-refractivity contribution in [3.05, 3.63) is 52.6 Å². The summed E-state index contributed by atoms with van der Waals surface area (Å²) in [5.41, 5.74) is 5.39. The van der Waals surface area contributed by atoms with Crippen molar-refractivity contribution in [3.63, 3.8) is 0 Å². The van der Waals surface area contributed by atoms with Crippen molar-refractivity contribution in [3.8, 4) is 5.75 Å². The van der Waals surface area contributed by atoms with Gasteiger partial charge in [0.25, 0.3) is 0 Å². The summed E-state index contributed by atoms with van der Waals surface area (Å²) in [6.07, 6.45) is 9.86. The Morgan fingerprint density at radius 1 is 1.17 bits per heavy atom. The molecule has 3 nitrogen and oxygen atoms in total. The molecule has 3 rings (SSSR count). The standard InChI is InChI=1S/C26H36O3/c1-7-12-29-23-16-22-21(25(3,4)10-11-26(22,5)6)15-20(23)19-14-18(19)9-8-17(2)13-24(27)28/h8-9,13,15-16,18-19H,7,10-12,14H2,1-6H3,(H,27,28)/b9-8+,17-13+. The van der Waals surface area contributed by atoms with Gasteiger partial charge in [0.15, 0.2) is 0 Å². The largest absolute Gasteiger partial charge is 0.493 e. The molecule has 0 amide bonds. The number of aliphatic carboxylic acids is 1. The van der Waals surface area contributed by atoms with Gasteiger partial charge >= 0.3 is 5.97 Å². The lowest BCUT2D eigenvalue weighted by atomic mass is 9.62. The Kier molecular flexibility index (Phi) is 5.98. The fourth-order valence-corrected chi connectivity index (χ4v) is 4.54. The summed E-state index contributed by atoms with van der Waals surface area (Å²) in [4.78, 5) is 10.8. The SMILES string of the molecule is CCCOc1cc2c(cc1C1CC1/C=C/C(C)=C/C(=O)O)C(C)(C)CCC2(C)C. The number of carbonyl (C=O) groups is 1. The molecule has 2 aliphatic carbocycles. The van der Waals surface area contributed by atoms with E-state index in [2.05, 4.69) is 52.8 Å². The van der Waals surface area contributed by atoms with E-state index >= 15 is 0 Å². The van der Waals surface area contributed by atoms with Crippen LogP contribution in [0.3, 0.4) is 0 Å². The molecule has 29 heavy (non-hydrogen) atoms. The quantitative estimate of drug-likeness (QED) is 0.422. The van der Waals surface area contributed by atoms with Crippen molar-refractivity contribution in [2.75, 3.05) is 6.61 Å². The van der Waals surface area contributed by atoms with E-state index in [1.54, 1.807) is 0 Å². The Bertz CT molecular complexity index is 842. The number of rotatable bonds is 7. The normalized spacial score (nSPS) is 25.0. The number of allylic oxidation sites excluding steroid dienone is 3. The summed E-state index contributed by atoms with van der Waals surface area (Å²) in [6, 6.07) is 4.76. The Morgan fingerprint density at radius 3 is 2.38 bits per heavy atom. The van der Waals surface area contributed by atoms with Gasteiger partial charge in [0.05, 0.1) is 6.61 Å². The van der Waals surface area contributed by atoms with Crippen LogP contribution in [0.1, 0.15) is 89.8 Å². The number of hydrogen-bond donors (Lipinski definition) is 1. The Hall–Kier alpha value is -2.03. The molecule has 0 aliphatic heterocycles. The molecule has 1 fully saturated rings. The highest BCUT2D eigenvalue weighted by atomic mass is 16.5. The second-order valence-corrected chi connectivity index (χ2v) is 10.1. The van der Waals surface area contributed by atoms with Gasteiger partial charge in [-0.25, -0.2) is 4.79 Å². The van der Waals surface area contributed by atoms with Crippen LogP contribution >= 0.6 is 0 Å². The van der Waals surface area contributed by atoms with Crippen molar-refractivity contribution in [2.24, 2.45) is 5.92 Å². The van der Waals surface area contributed by atoms with Crippen LogP contribution in [0.2, 0.25) is 0 Å². The van der Waals surface area contributed by atoms with Gasteiger partial charge < -0.3 is 9.84 Å². The van der Waals surface area contributed by atoms with Crippen LogP contribution < -0.4 is 4.74 Å². The van der Waals surface area contributed by atoms with Crippen LogP contribution in [-0.2, 0) is 15.6 Å². The fourth-order valence-electron chi connectivity index (χ4n) is 4.54. The zero-order valence-corrected chi connectivity index (χ0v) is 18.8. The third-order valence-corrected chi connectivity index (χ3v) is 6.64. The van der Waals surface area contributed by atoms with Gasteiger partial charge in [0.2, 0.25) is 0 Å². The molecule has 1 saturated carbocycles. The molecule has 0 aromatic heterocycles. The number of carboxylic acids is 1. The average Bonchev–Trinajstić information content (AvgIpc) is 3.40. The van der Waals surface area contributed by atoms with Crippen molar-refractivity contribution < 1.29 is 14.6 Å². The first kappa shape index (κ1) is 21.7. The highest BCUT2D eigenvalue weighted by Gasteiger charge is 2.42. The van der Waals surface area contributed by atoms with Crippen LogP contribution in [0.5, 0.6) is 5.75 Å². The third-order valence-electron chi connectivity index (χ3n) is 6.64. The first-order chi connectivity index (χ1) is 13.5. The number of carboxylic acid groups (broad SMARTS) is 1. The smallest absolute Gasteiger partial charge is 0.328 e. The lowest BCUT2D eigenvalue weighted by Crippen LogP contribution is -2.34. The highest BCUT2D eigenvalue weighted by molar-refractivity contribution is 5.81. The Labute approximate surface area is 175 Å². The predicted molar refractivity (Wildman–Crippen MR) is 119 cm³/mol. The molecule has 0 bridgehead atoms. The van der Waals surface area contributed by atoms with Gasteiger partial charge in [0.1, 0.15) is 5.75 Å². The molecule has 2 aliphatic rings. The minimum Gasteiger partial charge on any atom is -0.493 e. The van der Waals surface area contributed by atoms with Crippen LogP contribution in [-0.4, -0.2) is 17.7 Å².